The van der Waals surface area contributed by atoms with Crippen LogP contribution in [0.1, 0.15) is 11.3 Å². The summed E-state index contributed by atoms with van der Waals surface area (Å²) in [6.45, 7) is 1.59. The lowest BCUT2D eigenvalue weighted by Gasteiger charge is -2.07. The molecule has 0 spiro atoms. The first-order valence-corrected chi connectivity index (χ1v) is 8.22. The molecular formula is C12H10ClN3O2S2. The normalized spacial score (nSPS) is 11.1. The largest absolute Gasteiger partial charge is 0.279 e. The highest BCUT2D eigenvalue weighted by Crippen LogP contribution is 2.28. The second-order valence-electron chi connectivity index (χ2n) is 3.98. The zero-order chi connectivity index (χ0) is 14.8. The van der Waals surface area contributed by atoms with Crippen molar-refractivity contribution in [2.45, 2.75) is 17.6 Å². The van der Waals surface area contributed by atoms with Gasteiger partial charge in [0.05, 0.1) is 18.2 Å². The van der Waals surface area contributed by atoms with E-state index in [-0.39, 0.29) is 15.1 Å². The minimum absolute atomic E-state index is 0.101. The second kappa shape index (κ2) is 5.79. The van der Waals surface area contributed by atoms with Gasteiger partial charge in [0.1, 0.15) is 0 Å². The van der Waals surface area contributed by atoms with Gasteiger partial charge in [-0.05, 0) is 24.6 Å². The van der Waals surface area contributed by atoms with Gasteiger partial charge in [-0.1, -0.05) is 35.1 Å². The van der Waals surface area contributed by atoms with E-state index in [1.165, 1.54) is 0 Å². The van der Waals surface area contributed by atoms with Crippen LogP contribution in [0.25, 0.3) is 0 Å². The van der Waals surface area contributed by atoms with E-state index in [2.05, 4.69) is 9.71 Å². The van der Waals surface area contributed by atoms with Crippen LogP contribution < -0.4 is 4.72 Å². The molecule has 0 fully saturated rings. The number of thiazole rings is 1. The van der Waals surface area contributed by atoms with Crippen molar-refractivity contribution in [2.24, 2.45) is 0 Å². The SMILES string of the molecule is Cc1nc(Cl)sc1S(=O)(=O)Nc1ccc(CC#N)cc1. The second-order valence-corrected chi connectivity index (χ2v) is 7.44. The Kier molecular flexibility index (Phi) is 4.28. The number of nitriles is 1. The number of halogens is 1. The van der Waals surface area contributed by atoms with Crippen molar-refractivity contribution in [1.29, 1.82) is 5.26 Å². The van der Waals surface area contributed by atoms with Crippen molar-refractivity contribution < 1.29 is 8.42 Å². The van der Waals surface area contributed by atoms with E-state index in [1.807, 2.05) is 6.07 Å². The zero-order valence-electron chi connectivity index (χ0n) is 10.4. The van der Waals surface area contributed by atoms with Crippen molar-refractivity contribution in [2.75, 3.05) is 4.72 Å². The highest BCUT2D eigenvalue weighted by molar-refractivity contribution is 7.94. The third kappa shape index (κ3) is 3.28. The molecule has 0 unspecified atom stereocenters. The Morgan fingerprint density at radius 3 is 2.55 bits per heavy atom. The molecule has 2 rings (SSSR count). The first-order chi connectivity index (χ1) is 9.42. The third-order valence-corrected chi connectivity index (χ3v) is 5.71. The van der Waals surface area contributed by atoms with Gasteiger partial charge < -0.3 is 0 Å². The molecule has 0 bridgehead atoms. The fraction of sp³-hybridized carbons (Fsp3) is 0.167. The molecule has 2 aromatic rings. The first kappa shape index (κ1) is 14.8. The van der Waals surface area contributed by atoms with Gasteiger partial charge in [0.2, 0.25) is 0 Å². The predicted octanol–water partition coefficient (Wildman–Crippen LogP) is 2.97. The first-order valence-electron chi connectivity index (χ1n) is 5.54. The molecule has 8 heteroatoms. The van der Waals surface area contributed by atoms with Crippen molar-refractivity contribution in [1.82, 2.24) is 4.98 Å². The van der Waals surface area contributed by atoms with Crippen LogP contribution >= 0.6 is 22.9 Å². The molecule has 1 aromatic heterocycles. The maximum Gasteiger partial charge on any atom is 0.273 e. The summed E-state index contributed by atoms with van der Waals surface area (Å²) in [7, 11) is -3.69. The Balaban J connectivity index is 2.24. The number of nitrogens with one attached hydrogen (secondary N) is 1. The number of aryl methyl sites for hydroxylation is 1. The van der Waals surface area contributed by atoms with Crippen LogP contribution in [-0.2, 0) is 16.4 Å². The number of nitrogens with zero attached hydrogens (tertiary/aromatic N) is 2. The molecule has 0 radical (unpaired) electrons. The minimum atomic E-state index is -3.69. The van der Waals surface area contributed by atoms with Gasteiger partial charge in [0.25, 0.3) is 10.0 Å². The molecule has 20 heavy (non-hydrogen) atoms. The van der Waals surface area contributed by atoms with Crippen LogP contribution in [0.3, 0.4) is 0 Å². The van der Waals surface area contributed by atoms with Gasteiger partial charge in [-0.15, -0.1) is 0 Å². The van der Waals surface area contributed by atoms with E-state index in [9.17, 15) is 8.42 Å². The predicted molar refractivity (Wildman–Crippen MR) is 78.4 cm³/mol. The Morgan fingerprint density at radius 2 is 2.05 bits per heavy atom. The quantitative estimate of drug-likeness (QED) is 0.935. The van der Waals surface area contributed by atoms with Crippen molar-refractivity contribution in [3.05, 3.63) is 40.0 Å². The molecule has 5 nitrogen and oxygen atoms in total. The summed E-state index contributed by atoms with van der Waals surface area (Å²) in [5, 5.41) is 8.58. The molecule has 104 valence electrons. The van der Waals surface area contributed by atoms with E-state index >= 15 is 0 Å². The van der Waals surface area contributed by atoms with Crippen LogP contribution in [0.2, 0.25) is 4.47 Å². The van der Waals surface area contributed by atoms with Crippen LogP contribution in [-0.4, -0.2) is 13.4 Å². The summed E-state index contributed by atoms with van der Waals surface area (Å²) in [6.07, 6.45) is 0.288. The summed E-state index contributed by atoms with van der Waals surface area (Å²) < 4.78 is 27.1. The van der Waals surface area contributed by atoms with Gasteiger partial charge >= 0.3 is 0 Å². The van der Waals surface area contributed by atoms with Crippen molar-refractivity contribution >= 4 is 38.6 Å². The average Bonchev–Trinajstić information content (AvgIpc) is 2.72. The standard InChI is InChI=1S/C12H10ClN3O2S2/c1-8-11(19-12(13)15-8)20(17,18)16-10-4-2-9(3-5-10)6-7-14/h2-5,16H,6H2,1H3. The van der Waals surface area contributed by atoms with Gasteiger partial charge in [-0.25, -0.2) is 13.4 Å². The minimum Gasteiger partial charge on any atom is -0.279 e. The van der Waals surface area contributed by atoms with Crippen LogP contribution in [0.4, 0.5) is 5.69 Å². The number of hydrogen-bond acceptors (Lipinski definition) is 5. The smallest absolute Gasteiger partial charge is 0.273 e. The number of sulfonamides is 1. The fourth-order valence-corrected chi connectivity index (χ4v) is 4.38. The Morgan fingerprint density at radius 1 is 1.40 bits per heavy atom. The molecule has 1 heterocycles. The van der Waals surface area contributed by atoms with E-state index in [4.69, 9.17) is 16.9 Å². The van der Waals surface area contributed by atoms with Crippen LogP contribution in [0, 0.1) is 18.3 Å². The zero-order valence-corrected chi connectivity index (χ0v) is 12.8. The number of rotatable bonds is 4. The lowest BCUT2D eigenvalue weighted by molar-refractivity contribution is 0.602. The van der Waals surface area contributed by atoms with Gasteiger partial charge in [0, 0.05) is 5.69 Å². The molecule has 0 atom stereocenters. The maximum atomic E-state index is 12.2. The summed E-state index contributed by atoms with van der Waals surface area (Å²) in [6, 6.07) is 8.66. The highest BCUT2D eigenvalue weighted by Gasteiger charge is 2.21. The molecule has 0 aliphatic carbocycles. The topological polar surface area (TPSA) is 82.8 Å². The summed E-state index contributed by atoms with van der Waals surface area (Å²) in [5.74, 6) is 0. The van der Waals surface area contributed by atoms with E-state index in [1.54, 1.807) is 31.2 Å². The molecule has 0 saturated heterocycles. The molecular weight excluding hydrogens is 318 g/mol. The van der Waals surface area contributed by atoms with Gasteiger partial charge in [-0.3, -0.25) is 4.72 Å². The van der Waals surface area contributed by atoms with Crippen molar-refractivity contribution in [3.63, 3.8) is 0 Å². The Hall–Kier alpha value is -1.62. The van der Waals surface area contributed by atoms with Crippen molar-refractivity contribution in [3.8, 4) is 6.07 Å². The van der Waals surface area contributed by atoms with E-state index < -0.39 is 10.0 Å². The average molecular weight is 328 g/mol. The number of anilines is 1. The van der Waals surface area contributed by atoms with Gasteiger partial charge in [-0.2, -0.15) is 5.26 Å². The van der Waals surface area contributed by atoms with Gasteiger partial charge in [0.15, 0.2) is 8.68 Å². The molecule has 0 aliphatic heterocycles. The van der Waals surface area contributed by atoms with E-state index in [0.717, 1.165) is 16.9 Å². The third-order valence-electron chi connectivity index (χ3n) is 2.46. The summed E-state index contributed by atoms with van der Waals surface area (Å²) >= 11 is 6.63. The van der Waals surface area contributed by atoms with Crippen LogP contribution in [0.5, 0.6) is 0 Å². The number of aromatic nitrogens is 1. The highest BCUT2D eigenvalue weighted by atomic mass is 35.5. The summed E-state index contributed by atoms with van der Waals surface area (Å²) in [5.41, 5.74) is 1.62. The number of benzene rings is 1. The summed E-state index contributed by atoms with van der Waals surface area (Å²) in [4.78, 5) is 3.89. The molecule has 1 N–H and O–H groups in total. The Labute approximate surface area is 125 Å². The lowest BCUT2D eigenvalue weighted by atomic mass is 10.1. The number of hydrogen-bond donors (Lipinski definition) is 1. The molecule has 1 aromatic carbocycles. The molecule has 0 saturated carbocycles. The van der Waals surface area contributed by atoms with Crippen LogP contribution in [0.15, 0.2) is 28.5 Å². The monoisotopic (exact) mass is 327 g/mol. The fourth-order valence-electron chi connectivity index (χ4n) is 1.58. The molecule has 0 aliphatic rings. The molecule has 0 amide bonds. The maximum absolute atomic E-state index is 12.2. The van der Waals surface area contributed by atoms with E-state index in [0.29, 0.717) is 11.4 Å². The Bertz CT molecular complexity index is 761. The lowest BCUT2D eigenvalue weighted by Crippen LogP contribution is -2.12.